The van der Waals surface area contributed by atoms with E-state index in [0.29, 0.717) is 6.54 Å². The summed E-state index contributed by atoms with van der Waals surface area (Å²) in [5.74, 6) is 0.955. The van der Waals surface area contributed by atoms with Crippen LogP contribution in [0.4, 0.5) is 0 Å². The zero-order valence-corrected chi connectivity index (χ0v) is 13.0. The fraction of sp³-hybridized carbons (Fsp3) is 0.368. The maximum atomic E-state index is 10.7. The topological polar surface area (TPSA) is 41.5 Å². The molecule has 0 aliphatic carbocycles. The van der Waals surface area contributed by atoms with Gasteiger partial charge in [-0.25, -0.2) is 0 Å². The van der Waals surface area contributed by atoms with Crippen LogP contribution < -0.4 is 10.1 Å². The summed E-state index contributed by atoms with van der Waals surface area (Å²) in [6.07, 6.45) is 2.03. The van der Waals surface area contributed by atoms with Gasteiger partial charge in [0.2, 0.25) is 0 Å². The summed E-state index contributed by atoms with van der Waals surface area (Å²) >= 11 is 0. The summed E-state index contributed by atoms with van der Waals surface area (Å²) in [7, 11) is 0. The van der Waals surface area contributed by atoms with E-state index in [2.05, 4.69) is 11.4 Å². The van der Waals surface area contributed by atoms with Crippen molar-refractivity contribution >= 4 is 0 Å². The van der Waals surface area contributed by atoms with Gasteiger partial charge in [-0.3, -0.25) is 0 Å². The molecule has 0 aromatic heterocycles. The van der Waals surface area contributed by atoms with Gasteiger partial charge in [-0.2, -0.15) is 0 Å². The Morgan fingerprint density at radius 2 is 1.86 bits per heavy atom. The highest BCUT2D eigenvalue weighted by atomic mass is 16.5. The van der Waals surface area contributed by atoms with E-state index in [0.717, 1.165) is 30.8 Å². The van der Waals surface area contributed by atoms with Crippen LogP contribution in [0.2, 0.25) is 0 Å². The molecule has 3 heteroatoms. The molecule has 3 rings (SSSR count). The lowest BCUT2D eigenvalue weighted by Gasteiger charge is -2.28. The molecule has 2 N–H and O–H groups in total. The summed E-state index contributed by atoms with van der Waals surface area (Å²) in [5, 5.41) is 14.3. The van der Waals surface area contributed by atoms with E-state index < -0.39 is 5.60 Å². The summed E-state index contributed by atoms with van der Waals surface area (Å²) in [6, 6.07) is 18.2. The molecule has 2 aromatic carbocycles. The van der Waals surface area contributed by atoms with Gasteiger partial charge in [0.25, 0.3) is 0 Å². The van der Waals surface area contributed by atoms with Crippen LogP contribution in [0.5, 0.6) is 5.75 Å². The third-order valence-corrected chi connectivity index (χ3v) is 4.28. The lowest BCUT2D eigenvalue weighted by Crippen LogP contribution is -2.37. The van der Waals surface area contributed by atoms with Gasteiger partial charge in [0, 0.05) is 18.2 Å². The number of hydrogen-bond donors (Lipinski definition) is 2. The minimum atomic E-state index is -0.886. The highest BCUT2D eigenvalue weighted by Gasteiger charge is 2.26. The third-order valence-electron chi connectivity index (χ3n) is 4.28. The Balaban J connectivity index is 1.74. The van der Waals surface area contributed by atoms with Gasteiger partial charge < -0.3 is 15.2 Å². The van der Waals surface area contributed by atoms with Crippen molar-refractivity contribution in [2.24, 2.45) is 0 Å². The molecular weight excluding hydrogens is 274 g/mol. The van der Waals surface area contributed by atoms with Crippen LogP contribution in [0, 0.1) is 0 Å². The second-order valence-corrected chi connectivity index (χ2v) is 6.10. The molecule has 3 nitrogen and oxygen atoms in total. The Hall–Kier alpha value is -1.84. The van der Waals surface area contributed by atoms with Crippen LogP contribution in [0.3, 0.4) is 0 Å². The number of benzene rings is 2. The molecule has 0 fully saturated rings. The first-order valence-electron chi connectivity index (χ1n) is 7.90. The maximum absolute atomic E-state index is 10.7. The quantitative estimate of drug-likeness (QED) is 0.909. The van der Waals surface area contributed by atoms with Crippen molar-refractivity contribution in [1.29, 1.82) is 0 Å². The van der Waals surface area contributed by atoms with E-state index >= 15 is 0 Å². The SMILES string of the molecule is CC(O)(CNC1CCCOc2ccccc21)c1ccccc1. The van der Waals surface area contributed by atoms with Crippen molar-refractivity contribution in [1.82, 2.24) is 5.32 Å². The maximum Gasteiger partial charge on any atom is 0.124 e. The van der Waals surface area contributed by atoms with Gasteiger partial charge >= 0.3 is 0 Å². The molecule has 2 aromatic rings. The smallest absolute Gasteiger partial charge is 0.124 e. The lowest BCUT2D eigenvalue weighted by atomic mass is 9.94. The van der Waals surface area contributed by atoms with Crippen molar-refractivity contribution in [2.75, 3.05) is 13.2 Å². The zero-order valence-electron chi connectivity index (χ0n) is 13.0. The molecule has 0 spiro atoms. The predicted octanol–water partition coefficient (Wildman–Crippen LogP) is 3.40. The summed E-state index contributed by atoms with van der Waals surface area (Å²) in [4.78, 5) is 0. The van der Waals surface area contributed by atoms with E-state index in [9.17, 15) is 5.11 Å². The summed E-state index contributed by atoms with van der Waals surface area (Å²) < 4.78 is 5.79. The van der Waals surface area contributed by atoms with Crippen LogP contribution in [0.1, 0.15) is 36.9 Å². The number of para-hydroxylation sites is 1. The summed E-state index contributed by atoms with van der Waals surface area (Å²) in [6.45, 7) is 3.12. The molecule has 22 heavy (non-hydrogen) atoms. The van der Waals surface area contributed by atoms with Gasteiger partial charge in [0.1, 0.15) is 5.75 Å². The monoisotopic (exact) mass is 297 g/mol. The molecule has 0 saturated heterocycles. The van der Waals surface area contributed by atoms with E-state index in [4.69, 9.17) is 4.74 Å². The Morgan fingerprint density at radius 3 is 2.68 bits per heavy atom. The highest BCUT2D eigenvalue weighted by Crippen LogP contribution is 2.32. The second kappa shape index (κ2) is 6.51. The van der Waals surface area contributed by atoms with Crippen LogP contribution in [0.25, 0.3) is 0 Å². The number of hydrogen-bond acceptors (Lipinski definition) is 3. The average molecular weight is 297 g/mol. The zero-order chi connectivity index (χ0) is 15.4. The first-order valence-corrected chi connectivity index (χ1v) is 7.90. The van der Waals surface area contributed by atoms with Gasteiger partial charge in [0.15, 0.2) is 0 Å². The van der Waals surface area contributed by atoms with Crippen molar-refractivity contribution in [2.45, 2.75) is 31.4 Å². The molecular formula is C19H23NO2. The number of ether oxygens (including phenoxy) is 1. The van der Waals surface area contributed by atoms with Gasteiger partial charge in [-0.15, -0.1) is 0 Å². The molecule has 116 valence electrons. The first-order chi connectivity index (χ1) is 10.7. The molecule has 0 saturated carbocycles. The Labute approximate surface area is 131 Å². The Bertz CT molecular complexity index is 610. The molecule has 1 heterocycles. The van der Waals surface area contributed by atoms with Crippen LogP contribution in [-0.4, -0.2) is 18.3 Å². The standard InChI is InChI=1S/C19H23NO2/c1-19(21,15-8-3-2-4-9-15)14-20-17-11-7-13-22-18-12-6-5-10-16(17)18/h2-6,8-10,12,17,20-21H,7,11,13-14H2,1H3. The predicted molar refractivity (Wildman–Crippen MR) is 87.9 cm³/mol. The Kier molecular flexibility index (Phi) is 4.46. The van der Waals surface area contributed by atoms with E-state index in [1.54, 1.807) is 0 Å². The normalized spacial score (nSPS) is 20.4. The first kappa shape index (κ1) is 15.1. The third kappa shape index (κ3) is 3.32. The van der Waals surface area contributed by atoms with Crippen LogP contribution in [0.15, 0.2) is 54.6 Å². The minimum Gasteiger partial charge on any atom is -0.493 e. The number of fused-ring (bicyclic) bond motifs is 1. The van der Waals surface area contributed by atoms with E-state index in [1.165, 1.54) is 5.56 Å². The molecule has 0 amide bonds. The van der Waals surface area contributed by atoms with E-state index in [1.807, 2.05) is 55.5 Å². The lowest BCUT2D eigenvalue weighted by molar-refractivity contribution is 0.0534. The number of rotatable bonds is 4. The highest BCUT2D eigenvalue weighted by molar-refractivity contribution is 5.36. The molecule has 2 atom stereocenters. The summed E-state index contributed by atoms with van der Waals surface area (Å²) in [5.41, 5.74) is 1.23. The fourth-order valence-electron chi connectivity index (χ4n) is 2.96. The van der Waals surface area contributed by atoms with Crippen LogP contribution in [-0.2, 0) is 5.60 Å². The molecule has 0 radical (unpaired) electrons. The van der Waals surface area contributed by atoms with Crippen molar-refractivity contribution in [3.63, 3.8) is 0 Å². The fourth-order valence-corrected chi connectivity index (χ4v) is 2.96. The van der Waals surface area contributed by atoms with Crippen molar-refractivity contribution in [3.05, 3.63) is 65.7 Å². The van der Waals surface area contributed by atoms with Crippen molar-refractivity contribution in [3.8, 4) is 5.75 Å². The molecule has 1 aliphatic heterocycles. The Morgan fingerprint density at radius 1 is 1.14 bits per heavy atom. The average Bonchev–Trinajstić information content (AvgIpc) is 2.76. The van der Waals surface area contributed by atoms with Gasteiger partial charge in [-0.05, 0) is 31.4 Å². The van der Waals surface area contributed by atoms with Gasteiger partial charge in [0.05, 0.1) is 12.2 Å². The second-order valence-electron chi connectivity index (χ2n) is 6.10. The molecule has 0 bridgehead atoms. The van der Waals surface area contributed by atoms with E-state index in [-0.39, 0.29) is 6.04 Å². The largest absolute Gasteiger partial charge is 0.493 e. The van der Waals surface area contributed by atoms with Crippen molar-refractivity contribution < 1.29 is 9.84 Å². The number of aliphatic hydroxyl groups is 1. The van der Waals surface area contributed by atoms with Gasteiger partial charge in [-0.1, -0.05) is 48.5 Å². The minimum absolute atomic E-state index is 0.217. The van der Waals surface area contributed by atoms with Crippen LogP contribution >= 0.6 is 0 Å². The molecule has 1 aliphatic rings. The molecule has 2 unspecified atom stereocenters. The number of nitrogens with one attached hydrogen (secondary N) is 1.